The van der Waals surface area contributed by atoms with Crippen LogP contribution in [0, 0.1) is 0 Å². The van der Waals surface area contributed by atoms with Crippen molar-refractivity contribution in [1.29, 1.82) is 0 Å². The second-order valence-electron chi connectivity index (χ2n) is 8.09. The van der Waals surface area contributed by atoms with E-state index in [1.54, 1.807) is 10.9 Å². The molecule has 1 fully saturated rings. The van der Waals surface area contributed by atoms with Crippen LogP contribution in [0.5, 0.6) is 0 Å². The average Bonchev–Trinajstić information content (AvgIpc) is 3.43. The van der Waals surface area contributed by atoms with Crippen LogP contribution in [0.25, 0.3) is 22.3 Å². The predicted octanol–water partition coefficient (Wildman–Crippen LogP) is 2.65. The number of nitrogens with zero attached hydrogens (tertiary/aromatic N) is 7. The number of hydrogen-bond donors (Lipinski definition) is 0. The molecule has 9 nitrogen and oxygen atoms in total. The molecule has 0 bridgehead atoms. The Hall–Kier alpha value is -3.46. The standard InChI is InChI=1S/C22H23N7O2/c1-28-7-5-14(6-8-28)22-25-20(13-31-22)21(30)10-16-9-18-15(11-23-16)3-4-17(24-18)19-12-29(2)27-26-19/h3-4,9,11-14H,5-8,10H2,1-2H3. The Labute approximate surface area is 179 Å². The molecule has 0 radical (unpaired) electrons. The van der Waals surface area contributed by atoms with E-state index in [1.165, 1.54) is 6.26 Å². The minimum atomic E-state index is -0.111. The summed E-state index contributed by atoms with van der Waals surface area (Å²) in [5.41, 5.74) is 3.18. The maximum atomic E-state index is 12.8. The molecular weight excluding hydrogens is 394 g/mol. The summed E-state index contributed by atoms with van der Waals surface area (Å²) < 4.78 is 7.27. The number of rotatable bonds is 5. The molecule has 1 aliphatic rings. The van der Waals surface area contributed by atoms with Gasteiger partial charge < -0.3 is 9.32 Å². The number of likely N-dealkylation sites (tertiary alicyclic amines) is 1. The fourth-order valence-corrected chi connectivity index (χ4v) is 3.88. The number of aryl methyl sites for hydroxylation is 1. The van der Waals surface area contributed by atoms with Crippen molar-refractivity contribution in [1.82, 2.24) is 34.8 Å². The number of fused-ring (bicyclic) bond motifs is 1. The number of hydrogen-bond acceptors (Lipinski definition) is 8. The van der Waals surface area contributed by atoms with Gasteiger partial charge in [0.05, 0.1) is 29.5 Å². The molecule has 1 saturated heterocycles. The van der Waals surface area contributed by atoms with Crippen LogP contribution in [0.2, 0.25) is 0 Å². The molecule has 0 saturated carbocycles. The van der Waals surface area contributed by atoms with E-state index in [4.69, 9.17) is 4.42 Å². The van der Waals surface area contributed by atoms with Crippen molar-refractivity contribution < 1.29 is 9.21 Å². The molecule has 0 aliphatic carbocycles. The Morgan fingerprint density at radius 2 is 2.00 bits per heavy atom. The lowest BCUT2D eigenvalue weighted by Crippen LogP contribution is -2.29. The molecule has 31 heavy (non-hydrogen) atoms. The molecule has 4 aromatic heterocycles. The molecule has 9 heteroatoms. The second kappa shape index (κ2) is 7.99. The molecule has 0 amide bonds. The van der Waals surface area contributed by atoms with E-state index in [1.807, 2.05) is 31.4 Å². The Bertz CT molecular complexity index is 1240. The lowest BCUT2D eigenvalue weighted by molar-refractivity contribution is 0.0987. The number of carbonyl (C=O) groups is 1. The van der Waals surface area contributed by atoms with E-state index in [0.717, 1.165) is 42.5 Å². The largest absolute Gasteiger partial charge is 0.448 e. The number of carbonyl (C=O) groups excluding carboxylic acids is 1. The summed E-state index contributed by atoms with van der Waals surface area (Å²) in [5.74, 6) is 0.832. The zero-order chi connectivity index (χ0) is 21.4. The first-order chi connectivity index (χ1) is 15.0. The summed E-state index contributed by atoms with van der Waals surface area (Å²) in [4.78, 5) is 28.6. The van der Waals surface area contributed by atoms with Crippen LogP contribution < -0.4 is 0 Å². The lowest BCUT2D eigenvalue weighted by Gasteiger charge is -2.26. The number of aromatic nitrogens is 6. The van der Waals surface area contributed by atoms with E-state index in [9.17, 15) is 4.79 Å². The molecule has 0 unspecified atom stereocenters. The molecule has 0 spiro atoms. The minimum Gasteiger partial charge on any atom is -0.448 e. The van der Waals surface area contributed by atoms with Crippen molar-refractivity contribution in [3.8, 4) is 11.4 Å². The number of ketones is 1. The number of piperidine rings is 1. The van der Waals surface area contributed by atoms with E-state index in [-0.39, 0.29) is 18.1 Å². The third-order valence-electron chi connectivity index (χ3n) is 5.71. The predicted molar refractivity (Wildman–Crippen MR) is 114 cm³/mol. The third kappa shape index (κ3) is 4.09. The number of pyridine rings is 2. The molecule has 1 aliphatic heterocycles. The van der Waals surface area contributed by atoms with Crippen LogP contribution in [0.1, 0.15) is 40.8 Å². The monoisotopic (exact) mass is 417 g/mol. The Balaban J connectivity index is 1.33. The maximum absolute atomic E-state index is 12.8. The molecule has 158 valence electrons. The van der Waals surface area contributed by atoms with Gasteiger partial charge in [-0.2, -0.15) is 0 Å². The lowest BCUT2D eigenvalue weighted by atomic mass is 9.97. The zero-order valence-electron chi connectivity index (χ0n) is 17.5. The fourth-order valence-electron chi connectivity index (χ4n) is 3.88. The minimum absolute atomic E-state index is 0.111. The van der Waals surface area contributed by atoms with Gasteiger partial charge >= 0.3 is 0 Å². The maximum Gasteiger partial charge on any atom is 0.197 e. The van der Waals surface area contributed by atoms with Crippen LogP contribution >= 0.6 is 0 Å². The van der Waals surface area contributed by atoms with Gasteiger partial charge in [-0.1, -0.05) is 5.21 Å². The quantitative estimate of drug-likeness (QED) is 0.457. The van der Waals surface area contributed by atoms with Crippen LogP contribution in [-0.4, -0.2) is 60.8 Å². The van der Waals surface area contributed by atoms with Crippen molar-refractivity contribution in [3.63, 3.8) is 0 Å². The van der Waals surface area contributed by atoms with E-state index >= 15 is 0 Å². The summed E-state index contributed by atoms with van der Waals surface area (Å²) >= 11 is 0. The van der Waals surface area contributed by atoms with Gasteiger partial charge in [-0.25, -0.2) is 9.97 Å². The van der Waals surface area contributed by atoms with Gasteiger partial charge in [-0.05, 0) is 51.2 Å². The topological polar surface area (TPSA) is 103 Å². The van der Waals surface area contributed by atoms with Crippen LogP contribution in [0.4, 0.5) is 0 Å². The highest BCUT2D eigenvalue weighted by Crippen LogP contribution is 2.27. The van der Waals surface area contributed by atoms with E-state index in [0.29, 0.717) is 23.0 Å². The van der Waals surface area contributed by atoms with E-state index < -0.39 is 0 Å². The zero-order valence-corrected chi connectivity index (χ0v) is 17.5. The summed E-state index contributed by atoms with van der Waals surface area (Å²) in [6, 6.07) is 5.67. The molecule has 4 aromatic rings. The SMILES string of the molecule is CN1CCC(c2nc(C(=O)Cc3cc4nc(-c5cn(C)nn5)ccc4cn3)co2)CC1. The van der Waals surface area contributed by atoms with Crippen LogP contribution in [0.15, 0.2) is 41.3 Å². The molecular formula is C22H23N7O2. The first-order valence-electron chi connectivity index (χ1n) is 10.3. The van der Waals surface area contributed by atoms with Gasteiger partial charge in [-0.15, -0.1) is 5.10 Å². The highest BCUT2D eigenvalue weighted by molar-refractivity contribution is 5.95. The Morgan fingerprint density at radius 1 is 1.16 bits per heavy atom. The van der Waals surface area contributed by atoms with Crippen LogP contribution in [0.3, 0.4) is 0 Å². The third-order valence-corrected chi connectivity index (χ3v) is 5.71. The summed E-state index contributed by atoms with van der Waals surface area (Å²) in [7, 11) is 3.93. The normalized spacial score (nSPS) is 15.5. The van der Waals surface area contributed by atoms with Crippen molar-refractivity contribution in [2.45, 2.75) is 25.2 Å². The first kappa shape index (κ1) is 19.5. The summed E-state index contributed by atoms with van der Waals surface area (Å²) in [6.07, 6.45) is 7.16. The molecule has 0 aromatic carbocycles. The second-order valence-corrected chi connectivity index (χ2v) is 8.09. The van der Waals surface area contributed by atoms with Gasteiger partial charge in [0.25, 0.3) is 0 Å². The highest BCUT2D eigenvalue weighted by Gasteiger charge is 2.24. The average molecular weight is 417 g/mol. The first-order valence-corrected chi connectivity index (χ1v) is 10.3. The molecule has 5 rings (SSSR count). The van der Waals surface area contributed by atoms with Crippen molar-refractivity contribution in [2.24, 2.45) is 7.05 Å². The Morgan fingerprint density at radius 3 is 2.77 bits per heavy atom. The Kier molecular flexibility index (Phi) is 5.03. The fraction of sp³-hybridized carbons (Fsp3) is 0.364. The van der Waals surface area contributed by atoms with Gasteiger partial charge in [0.2, 0.25) is 0 Å². The number of oxazole rings is 1. The van der Waals surface area contributed by atoms with Crippen molar-refractivity contribution >= 4 is 16.7 Å². The summed E-state index contributed by atoms with van der Waals surface area (Å²) in [5, 5.41) is 8.96. The molecule has 0 N–H and O–H groups in total. The van der Waals surface area contributed by atoms with Crippen molar-refractivity contribution in [3.05, 3.63) is 54.1 Å². The van der Waals surface area contributed by atoms with E-state index in [2.05, 4.69) is 37.2 Å². The summed E-state index contributed by atoms with van der Waals surface area (Å²) in [6.45, 7) is 2.03. The van der Waals surface area contributed by atoms with Crippen molar-refractivity contribution in [2.75, 3.05) is 20.1 Å². The van der Waals surface area contributed by atoms with Gasteiger partial charge in [0.15, 0.2) is 11.7 Å². The molecule has 0 atom stereocenters. The van der Waals surface area contributed by atoms with Gasteiger partial charge in [0.1, 0.15) is 17.7 Å². The van der Waals surface area contributed by atoms with Crippen LogP contribution in [-0.2, 0) is 13.5 Å². The molecule has 5 heterocycles. The number of Topliss-reactive ketones (excluding diaryl/α,β-unsaturated/α-hetero) is 1. The van der Waals surface area contributed by atoms with Gasteiger partial charge in [-0.3, -0.25) is 14.5 Å². The van der Waals surface area contributed by atoms with Gasteiger partial charge in [0, 0.05) is 24.5 Å². The highest BCUT2D eigenvalue weighted by atomic mass is 16.3. The smallest absolute Gasteiger partial charge is 0.197 e.